The van der Waals surface area contributed by atoms with Gasteiger partial charge in [0.05, 0.1) is 16.9 Å². The molecule has 0 unspecified atom stereocenters. The molecule has 0 aliphatic carbocycles. The molecule has 0 N–H and O–H groups in total. The van der Waals surface area contributed by atoms with Crippen molar-refractivity contribution < 1.29 is 0 Å². The van der Waals surface area contributed by atoms with E-state index in [2.05, 4.69) is 56.8 Å². The number of hydrogen-bond acceptors (Lipinski definition) is 2. The van der Waals surface area contributed by atoms with Gasteiger partial charge in [-0.15, -0.1) is 0 Å². The molecule has 4 aromatic rings. The third kappa shape index (κ3) is 3.38. The van der Waals surface area contributed by atoms with E-state index >= 15 is 0 Å². The lowest BCUT2D eigenvalue weighted by Gasteiger charge is -2.11. The summed E-state index contributed by atoms with van der Waals surface area (Å²) in [4.78, 5) is 8.56. The van der Waals surface area contributed by atoms with E-state index in [1.165, 1.54) is 0 Å². The fraction of sp³-hybridized carbons (Fsp3) is 0.0526. The van der Waals surface area contributed by atoms with Crippen molar-refractivity contribution in [2.24, 2.45) is 0 Å². The predicted molar refractivity (Wildman–Crippen MR) is 111 cm³/mol. The van der Waals surface area contributed by atoms with Crippen LogP contribution in [0.15, 0.2) is 61.2 Å². The maximum atomic E-state index is 6.64. The predicted octanol–water partition coefficient (Wildman–Crippen LogP) is 5.92. The van der Waals surface area contributed by atoms with Gasteiger partial charge >= 0.3 is 0 Å². The van der Waals surface area contributed by atoms with Gasteiger partial charge in [0.25, 0.3) is 0 Å². The number of nitrogens with zero attached hydrogens (tertiary/aromatic N) is 3. The second kappa shape index (κ2) is 6.94. The number of rotatable bonds is 3. The molecule has 0 saturated heterocycles. The molecule has 0 amide bonds. The van der Waals surface area contributed by atoms with Crippen LogP contribution in [-0.4, -0.2) is 14.5 Å². The first-order valence-corrected chi connectivity index (χ1v) is 9.46. The quantitative estimate of drug-likeness (QED) is 0.269. The van der Waals surface area contributed by atoms with Gasteiger partial charge in [-0.25, -0.2) is 9.97 Å². The monoisotopic (exact) mass is 479 g/mol. The molecule has 6 heteroatoms. The van der Waals surface area contributed by atoms with Gasteiger partial charge in [-0.05, 0) is 58.5 Å². The Balaban J connectivity index is 1.70. The van der Waals surface area contributed by atoms with Crippen LogP contribution in [0.3, 0.4) is 0 Å². The van der Waals surface area contributed by atoms with Crippen LogP contribution < -0.4 is 0 Å². The van der Waals surface area contributed by atoms with Crippen molar-refractivity contribution in [3.8, 4) is 5.69 Å². The van der Waals surface area contributed by atoms with Crippen LogP contribution in [0.25, 0.3) is 16.6 Å². The fourth-order valence-corrected chi connectivity index (χ4v) is 3.86. The van der Waals surface area contributed by atoms with Crippen molar-refractivity contribution in [2.45, 2.75) is 6.42 Å². The molecule has 0 radical (unpaired) electrons. The summed E-state index contributed by atoms with van der Waals surface area (Å²) < 4.78 is 3.08. The summed E-state index contributed by atoms with van der Waals surface area (Å²) in [5.74, 6) is 0. The summed E-state index contributed by atoms with van der Waals surface area (Å²) in [6.45, 7) is 0. The molecular formula is C19H12Cl2IN3. The molecule has 0 saturated carbocycles. The molecule has 0 atom stereocenters. The highest BCUT2D eigenvalue weighted by molar-refractivity contribution is 14.1. The van der Waals surface area contributed by atoms with Crippen LogP contribution in [0.4, 0.5) is 0 Å². The van der Waals surface area contributed by atoms with Crippen LogP contribution in [-0.2, 0) is 6.42 Å². The van der Waals surface area contributed by atoms with E-state index in [0.29, 0.717) is 16.6 Å². The highest BCUT2D eigenvalue weighted by Gasteiger charge is 2.13. The molecule has 4 rings (SSSR count). The number of fused-ring (bicyclic) bond motifs is 1. The zero-order valence-corrected chi connectivity index (χ0v) is 16.6. The van der Waals surface area contributed by atoms with E-state index in [1.54, 1.807) is 12.5 Å². The first-order chi connectivity index (χ1) is 12.1. The van der Waals surface area contributed by atoms with Crippen molar-refractivity contribution in [3.63, 3.8) is 0 Å². The van der Waals surface area contributed by atoms with Crippen molar-refractivity contribution in [1.29, 1.82) is 0 Å². The van der Waals surface area contributed by atoms with Crippen LogP contribution >= 0.6 is 45.8 Å². The van der Waals surface area contributed by atoms with Gasteiger partial charge in [0.15, 0.2) is 0 Å². The third-order valence-corrected chi connectivity index (χ3v) is 5.46. The summed E-state index contributed by atoms with van der Waals surface area (Å²) >= 11 is 15.3. The minimum atomic E-state index is 0.456. The SMILES string of the molecule is Clc1nc2ccc(I)cc2c(Cl)c1Cc1ccc(-n2ccnc2)cc1. The minimum Gasteiger partial charge on any atom is -0.306 e. The maximum absolute atomic E-state index is 6.64. The number of halogens is 3. The molecule has 3 nitrogen and oxygen atoms in total. The molecule has 2 aromatic carbocycles. The van der Waals surface area contributed by atoms with Crippen LogP contribution in [0.5, 0.6) is 0 Å². The Bertz CT molecular complexity index is 1040. The van der Waals surface area contributed by atoms with Gasteiger partial charge in [0, 0.05) is 39.0 Å². The zero-order chi connectivity index (χ0) is 17.4. The first-order valence-electron chi connectivity index (χ1n) is 7.62. The van der Waals surface area contributed by atoms with Gasteiger partial charge in [-0.1, -0.05) is 35.3 Å². The number of hydrogen-bond donors (Lipinski definition) is 0. The van der Waals surface area contributed by atoms with Crippen LogP contribution in [0.1, 0.15) is 11.1 Å². The Morgan fingerprint density at radius 1 is 1.04 bits per heavy atom. The lowest BCUT2D eigenvalue weighted by Crippen LogP contribution is -1.96. The van der Waals surface area contributed by atoms with Gasteiger partial charge < -0.3 is 4.57 Å². The molecule has 124 valence electrons. The van der Waals surface area contributed by atoms with Crippen molar-refractivity contribution in [1.82, 2.24) is 14.5 Å². The average molecular weight is 480 g/mol. The zero-order valence-electron chi connectivity index (χ0n) is 13.0. The van der Waals surface area contributed by atoms with Gasteiger partial charge in [-0.3, -0.25) is 0 Å². The van der Waals surface area contributed by atoms with E-state index in [9.17, 15) is 0 Å². The van der Waals surface area contributed by atoms with E-state index in [0.717, 1.165) is 31.3 Å². The summed E-state index contributed by atoms with van der Waals surface area (Å²) in [7, 11) is 0. The standard InChI is InChI=1S/C19H12Cl2IN3/c20-18-15-10-13(22)3-6-17(15)24-19(21)16(18)9-12-1-4-14(5-2-12)25-8-7-23-11-25/h1-8,10-11H,9H2. The Morgan fingerprint density at radius 3 is 2.56 bits per heavy atom. The second-order valence-corrected chi connectivity index (χ2v) is 7.65. The molecule has 0 spiro atoms. The highest BCUT2D eigenvalue weighted by atomic mass is 127. The first kappa shape index (κ1) is 16.8. The summed E-state index contributed by atoms with van der Waals surface area (Å²) in [5.41, 5.74) is 3.85. The number of benzene rings is 2. The maximum Gasteiger partial charge on any atom is 0.134 e. The Labute approximate surface area is 168 Å². The van der Waals surface area contributed by atoms with Gasteiger partial charge in [-0.2, -0.15) is 0 Å². The number of aromatic nitrogens is 3. The molecule has 0 fully saturated rings. The lowest BCUT2D eigenvalue weighted by molar-refractivity contribution is 1.05. The summed E-state index contributed by atoms with van der Waals surface area (Å²) in [6.07, 6.45) is 6.08. The number of pyridine rings is 1. The molecular weight excluding hydrogens is 468 g/mol. The average Bonchev–Trinajstić information content (AvgIpc) is 3.15. The largest absolute Gasteiger partial charge is 0.306 e. The van der Waals surface area contributed by atoms with Crippen LogP contribution in [0, 0.1) is 3.57 Å². The Kier molecular flexibility index (Phi) is 4.67. The Hall–Kier alpha value is -1.63. The fourth-order valence-electron chi connectivity index (χ4n) is 2.76. The third-order valence-electron chi connectivity index (χ3n) is 4.05. The van der Waals surface area contributed by atoms with Gasteiger partial charge in [0.1, 0.15) is 5.15 Å². The second-order valence-electron chi connectivity index (χ2n) is 5.67. The van der Waals surface area contributed by atoms with Crippen molar-refractivity contribution in [3.05, 3.63) is 86.1 Å². The van der Waals surface area contributed by atoms with Crippen molar-refractivity contribution in [2.75, 3.05) is 0 Å². The van der Waals surface area contributed by atoms with E-state index in [4.69, 9.17) is 23.2 Å². The van der Waals surface area contributed by atoms with Crippen molar-refractivity contribution >= 4 is 56.7 Å². The van der Waals surface area contributed by atoms with E-state index < -0.39 is 0 Å². The molecule has 25 heavy (non-hydrogen) atoms. The molecule has 0 aliphatic heterocycles. The van der Waals surface area contributed by atoms with Gasteiger partial charge in [0.2, 0.25) is 0 Å². The topological polar surface area (TPSA) is 30.7 Å². The van der Waals surface area contributed by atoms with E-state index in [-0.39, 0.29) is 0 Å². The normalized spacial score (nSPS) is 11.2. The Morgan fingerprint density at radius 2 is 1.84 bits per heavy atom. The van der Waals surface area contributed by atoms with Crippen LogP contribution in [0.2, 0.25) is 10.2 Å². The molecule has 0 bridgehead atoms. The lowest BCUT2D eigenvalue weighted by atomic mass is 10.0. The summed E-state index contributed by atoms with van der Waals surface area (Å²) in [5, 5.41) is 2.06. The molecule has 2 aromatic heterocycles. The van der Waals surface area contributed by atoms with E-state index in [1.807, 2.05) is 29.0 Å². The summed E-state index contributed by atoms with van der Waals surface area (Å²) in [6, 6.07) is 14.2. The number of imidazole rings is 1. The molecule has 2 heterocycles. The smallest absolute Gasteiger partial charge is 0.134 e. The minimum absolute atomic E-state index is 0.456. The molecule has 0 aliphatic rings. The highest BCUT2D eigenvalue weighted by Crippen LogP contribution is 2.33.